The Morgan fingerprint density at radius 1 is 1.33 bits per heavy atom. The second-order valence-electron chi connectivity index (χ2n) is 4.26. The van der Waals surface area contributed by atoms with Gasteiger partial charge in [-0.15, -0.1) is 3.89 Å². The van der Waals surface area contributed by atoms with Gasteiger partial charge in [0.05, 0.1) is 5.75 Å². The highest BCUT2D eigenvalue weighted by atomic mass is 79.9. The molecule has 1 atom stereocenters. The van der Waals surface area contributed by atoms with Gasteiger partial charge in [0.2, 0.25) is 5.91 Å². The average Bonchev–Trinajstić information content (AvgIpc) is 2.58. The molecule has 1 saturated heterocycles. The Hall–Kier alpha value is -0.950. The van der Waals surface area contributed by atoms with Crippen molar-refractivity contribution in [1.82, 2.24) is 0 Å². The summed E-state index contributed by atoms with van der Waals surface area (Å²) < 4.78 is 34.6. The second kappa shape index (κ2) is 4.97. The molecule has 1 aliphatic heterocycles. The molecule has 1 unspecified atom stereocenters. The smallest absolute Gasteiger partial charge is 0.302 e. The molecule has 18 heavy (non-hydrogen) atoms. The number of benzene rings is 1. The summed E-state index contributed by atoms with van der Waals surface area (Å²) >= 11 is 3.29. The highest BCUT2D eigenvalue weighted by molar-refractivity contribution is 9.10. The predicted octanol–water partition coefficient (Wildman–Crippen LogP) is 2.10. The molecular weight excluding hydrogens is 325 g/mol. The Balaban J connectivity index is 2.12. The van der Waals surface area contributed by atoms with Crippen molar-refractivity contribution in [3.63, 3.8) is 0 Å². The molecule has 0 saturated carbocycles. The summed E-state index contributed by atoms with van der Waals surface area (Å²) in [7, 11) is -4.53. The Bertz CT molecular complexity index is 558. The van der Waals surface area contributed by atoms with Gasteiger partial charge in [0.25, 0.3) is 0 Å². The molecule has 1 aromatic rings. The third-order valence-electron chi connectivity index (χ3n) is 2.78. The van der Waals surface area contributed by atoms with Crippen molar-refractivity contribution in [2.75, 3.05) is 17.2 Å². The molecule has 1 amide bonds. The van der Waals surface area contributed by atoms with Crippen LogP contribution in [0.1, 0.15) is 6.42 Å². The van der Waals surface area contributed by atoms with Crippen LogP contribution < -0.4 is 4.90 Å². The highest BCUT2D eigenvalue weighted by Gasteiger charge is 2.33. The fraction of sp³-hybridized carbons (Fsp3) is 0.364. The monoisotopic (exact) mass is 335 g/mol. The molecule has 1 fully saturated rings. The standard InChI is InChI=1S/C11H11BrFNO3S/c12-9-1-3-10(4-2-9)14-6-8(5-11(14)15)7-18(13,16)17/h1-4,8H,5-7H2. The van der Waals surface area contributed by atoms with Crippen LogP contribution in [0.15, 0.2) is 28.7 Å². The molecule has 0 N–H and O–H groups in total. The van der Waals surface area contributed by atoms with Crippen LogP contribution in [-0.2, 0) is 15.0 Å². The molecule has 98 valence electrons. The van der Waals surface area contributed by atoms with E-state index in [1.54, 1.807) is 24.3 Å². The van der Waals surface area contributed by atoms with E-state index in [9.17, 15) is 17.1 Å². The van der Waals surface area contributed by atoms with E-state index in [1.807, 2.05) is 0 Å². The Labute approximate surface area is 113 Å². The lowest BCUT2D eigenvalue weighted by atomic mass is 10.1. The molecule has 0 bridgehead atoms. The zero-order chi connectivity index (χ0) is 13.3. The van der Waals surface area contributed by atoms with Crippen molar-refractivity contribution in [3.05, 3.63) is 28.7 Å². The number of carbonyl (C=O) groups is 1. The lowest BCUT2D eigenvalue weighted by Gasteiger charge is -2.16. The first kappa shape index (κ1) is 13.5. The van der Waals surface area contributed by atoms with Gasteiger partial charge in [0.1, 0.15) is 0 Å². The second-order valence-corrected chi connectivity index (χ2v) is 6.58. The van der Waals surface area contributed by atoms with Crippen LogP contribution in [0.5, 0.6) is 0 Å². The third kappa shape index (κ3) is 3.29. The first-order valence-corrected chi connectivity index (χ1v) is 7.68. The van der Waals surface area contributed by atoms with Crippen LogP contribution in [-0.4, -0.2) is 26.6 Å². The zero-order valence-electron chi connectivity index (χ0n) is 9.34. The fourth-order valence-electron chi connectivity index (χ4n) is 2.05. The number of hydrogen-bond acceptors (Lipinski definition) is 3. The molecule has 0 aromatic heterocycles. The van der Waals surface area contributed by atoms with E-state index < -0.39 is 21.9 Å². The molecule has 7 heteroatoms. The van der Waals surface area contributed by atoms with Crippen molar-refractivity contribution in [1.29, 1.82) is 0 Å². The van der Waals surface area contributed by atoms with E-state index >= 15 is 0 Å². The molecule has 0 radical (unpaired) electrons. The van der Waals surface area contributed by atoms with Gasteiger partial charge in [0, 0.05) is 29.0 Å². The average molecular weight is 336 g/mol. The largest absolute Gasteiger partial charge is 0.312 e. The molecule has 4 nitrogen and oxygen atoms in total. The quantitative estimate of drug-likeness (QED) is 0.795. The van der Waals surface area contributed by atoms with Crippen molar-refractivity contribution >= 4 is 37.7 Å². The number of amides is 1. The van der Waals surface area contributed by atoms with Gasteiger partial charge in [-0.25, -0.2) is 0 Å². The number of anilines is 1. The number of hydrogen-bond donors (Lipinski definition) is 0. The number of nitrogens with zero attached hydrogens (tertiary/aromatic N) is 1. The van der Waals surface area contributed by atoms with Crippen LogP contribution in [0.25, 0.3) is 0 Å². The summed E-state index contributed by atoms with van der Waals surface area (Å²) in [6.45, 7) is 0.240. The molecule has 2 rings (SSSR count). The van der Waals surface area contributed by atoms with E-state index in [2.05, 4.69) is 15.9 Å². The molecule has 0 spiro atoms. The van der Waals surface area contributed by atoms with Gasteiger partial charge in [-0.2, -0.15) is 8.42 Å². The van der Waals surface area contributed by atoms with Crippen LogP contribution in [0, 0.1) is 5.92 Å². The normalized spacial score (nSPS) is 20.4. The Morgan fingerprint density at radius 3 is 2.50 bits per heavy atom. The molecular formula is C11H11BrFNO3S. The first-order chi connectivity index (χ1) is 8.35. The maximum Gasteiger partial charge on any atom is 0.302 e. The van der Waals surface area contributed by atoms with E-state index in [-0.39, 0.29) is 18.9 Å². The van der Waals surface area contributed by atoms with Gasteiger partial charge < -0.3 is 4.90 Å². The topological polar surface area (TPSA) is 54.5 Å². The molecule has 0 aliphatic carbocycles. The van der Waals surface area contributed by atoms with Gasteiger partial charge in [-0.05, 0) is 24.3 Å². The van der Waals surface area contributed by atoms with Gasteiger partial charge >= 0.3 is 10.2 Å². The summed E-state index contributed by atoms with van der Waals surface area (Å²) in [5.74, 6) is -1.24. The van der Waals surface area contributed by atoms with Crippen molar-refractivity contribution < 1.29 is 17.1 Å². The number of halogens is 2. The van der Waals surface area contributed by atoms with Crippen LogP contribution >= 0.6 is 15.9 Å². The van der Waals surface area contributed by atoms with Gasteiger partial charge in [0.15, 0.2) is 0 Å². The van der Waals surface area contributed by atoms with Crippen molar-refractivity contribution in [3.8, 4) is 0 Å². The number of rotatable bonds is 3. The first-order valence-electron chi connectivity index (χ1n) is 5.33. The summed E-state index contributed by atoms with van der Waals surface area (Å²) in [5.41, 5.74) is 0.696. The van der Waals surface area contributed by atoms with Gasteiger partial charge in [-0.1, -0.05) is 15.9 Å². The number of carbonyl (C=O) groups excluding carboxylic acids is 1. The third-order valence-corrected chi connectivity index (χ3v) is 4.18. The van der Waals surface area contributed by atoms with Gasteiger partial charge in [-0.3, -0.25) is 4.79 Å². The van der Waals surface area contributed by atoms with E-state index in [1.165, 1.54) is 4.90 Å². The minimum absolute atomic E-state index is 0.0687. The lowest BCUT2D eigenvalue weighted by Crippen LogP contribution is -2.25. The Kier molecular flexibility index (Phi) is 3.72. The van der Waals surface area contributed by atoms with E-state index in [0.717, 1.165) is 4.47 Å². The summed E-state index contributed by atoms with van der Waals surface area (Å²) in [6.07, 6.45) is 0.0687. The molecule has 1 aromatic carbocycles. The maximum absolute atomic E-state index is 12.6. The highest BCUT2D eigenvalue weighted by Crippen LogP contribution is 2.27. The minimum Gasteiger partial charge on any atom is -0.312 e. The maximum atomic E-state index is 12.6. The minimum atomic E-state index is -4.53. The lowest BCUT2D eigenvalue weighted by molar-refractivity contribution is -0.117. The zero-order valence-corrected chi connectivity index (χ0v) is 11.7. The predicted molar refractivity (Wildman–Crippen MR) is 69.5 cm³/mol. The molecule has 1 heterocycles. The van der Waals surface area contributed by atoms with E-state index in [0.29, 0.717) is 5.69 Å². The van der Waals surface area contributed by atoms with E-state index in [4.69, 9.17) is 0 Å². The van der Waals surface area contributed by atoms with Crippen molar-refractivity contribution in [2.45, 2.75) is 6.42 Å². The van der Waals surface area contributed by atoms with Crippen LogP contribution in [0.2, 0.25) is 0 Å². The Morgan fingerprint density at radius 2 is 1.94 bits per heavy atom. The van der Waals surface area contributed by atoms with Crippen LogP contribution in [0.3, 0.4) is 0 Å². The summed E-state index contributed by atoms with van der Waals surface area (Å²) in [5, 5.41) is 0. The fourth-order valence-corrected chi connectivity index (χ4v) is 3.10. The van der Waals surface area contributed by atoms with Crippen molar-refractivity contribution in [2.24, 2.45) is 5.92 Å². The molecule has 1 aliphatic rings. The summed E-state index contributed by atoms with van der Waals surface area (Å²) in [6, 6.07) is 7.10. The SMILES string of the molecule is O=C1CC(CS(=O)(=O)F)CN1c1ccc(Br)cc1. The summed E-state index contributed by atoms with van der Waals surface area (Å²) in [4.78, 5) is 13.2. The van der Waals surface area contributed by atoms with Crippen LogP contribution in [0.4, 0.5) is 9.57 Å².